The van der Waals surface area contributed by atoms with E-state index < -0.39 is 0 Å². The zero-order valence-corrected chi connectivity index (χ0v) is 11.4. The monoisotopic (exact) mass is 230 g/mol. The van der Waals surface area contributed by atoms with Gasteiger partial charge in [0.1, 0.15) is 0 Å². The summed E-state index contributed by atoms with van der Waals surface area (Å²) in [7, 11) is 1.91. The molecule has 0 heterocycles. The van der Waals surface area contributed by atoms with Crippen LogP contribution in [-0.4, -0.2) is 12.8 Å². The third kappa shape index (κ3) is 3.18. The van der Waals surface area contributed by atoms with Crippen molar-refractivity contribution in [3.63, 3.8) is 0 Å². The summed E-state index contributed by atoms with van der Waals surface area (Å²) < 4.78 is 0. The van der Waals surface area contributed by atoms with Crippen LogP contribution in [0.15, 0.2) is 40.4 Å². The van der Waals surface area contributed by atoms with Gasteiger partial charge in [-0.05, 0) is 51.2 Å². The summed E-state index contributed by atoms with van der Waals surface area (Å²) in [6, 6.07) is 0. The largest absolute Gasteiger partial charge is 0.292 e. The van der Waals surface area contributed by atoms with Crippen molar-refractivity contribution in [2.45, 2.75) is 39.5 Å². The number of hydrogen-bond donors (Lipinski definition) is 0. The van der Waals surface area contributed by atoms with Crippen LogP contribution in [0.25, 0.3) is 0 Å². The summed E-state index contributed by atoms with van der Waals surface area (Å²) in [5, 5.41) is 0. The second-order valence-electron chi connectivity index (χ2n) is 4.79. The smallest absolute Gasteiger partial charge is 0.0450 e. The van der Waals surface area contributed by atoms with Crippen LogP contribution < -0.4 is 0 Å². The van der Waals surface area contributed by atoms with Crippen molar-refractivity contribution in [2.24, 2.45) is 10.9 Å². The molecule has 0 amide bonds. The molecular weight excluding hydrogens is 206 g/mol. The summed E-state index contributed by atoms with van der Waals surface area (Å²) in [5.41, 5.74) is 5.17. The van der Waals surface area contributed by atoms with E-state index in [-0.39, 0.29) is 0 Å². The van der Waals surface area contributed by atoms with Gasteiger partial charge in [-0.2, -0.15) is 0 Å². The molecule has 0 aromatic heterocycles. The molecule has 0 atom stereocenters. The average molecular weight is 230 g/mol. The van der Waals surface area contributed by atoms with Gasteiger partial charge >= 0.3 is 0 Å². The van der Waals surface area contributed by atoms with Crippen LogP contribution in [0.1, 0.15) is 39.5 Å². The Bertz CT molecular complexity index is 361. The maximum absolute atomic E-state index is 4.54. The van der Waals surface area contributed by atoms with E-state index >= 15 is 0 Å². The molecule has 93 valence electrons. The number of rotatable bonds is 5. The Balaban J connectivity index is 3.12. The molecule has 1 saturated carbocycles. The normalized spacial score (nSPS) is 17.6. The predicted molar refractivity (Wildman–Crippen MR) is 77.3 cm³/mol. The lowest BCUT2D eigenvalue weighted by molar-refractivity contribution is 0.413. The predicted octanol–water partition coefficient (Wildman–Crippen LogP) is 4.53. The maximum Gasteiger partial charge on any atom is 0.0450 e. The van der Waals surface area contributed by atoms with Gasteiger partial charge in [0.25, 0.3) is 0 Å². The first-order valence-electron chi connectivity index (χ1n) is 6.41. The molecule has 0 spiro atoms. The molecule has 0 saturated heterocycles. The zero-order chi connectivity index (χ0) is 12.8. The zero-order valence-electron chi connectivity index (χ0n) is 11.4. The van der Waals surface area contributed by atoms with E-state index in [0.29, 0.717) is 5.92 Å². The summed E-state index contributed by atoms with van der Waals surface area (Å²) >= 11 is 0. The lowest BCUT2D eigenvalue weighted by Crippen LogP contribution is -2.25. The topological polar surface area (TPSA) is 12.4 Å². The summed E-state index contributed by atoms with van der Waals surface area (Å²) in [5.74, 6) is 0.657. The van der Waals surface area contributed by atoms with Crippen molar-refractivity contribution < 1.29 is 0 Å². The lowest BCUT2D eigenvalue weighted by Gasteiger charge is -2.30. The summed E-state index contributed by atoms with van der Waals surface area (Å²) in [6.07, 6.45) is 8.60. The average Bonchev–Trinajstić information content (AvgIpc) is 2.23. The van der Waals surface area contributed by atoms with Gasteiger partial charge in [0, 0.05) is 18.7 Å². The highest BCUT2D eigenvalue weighted by Crippen LogP contribution is 2.34. The van der Waals surface area contributed by atoms with Gasteiger partial charge in [-0.15, -0.1) is 0 Å². The molecule has 1 nitrogen and oxygen atoms in total. The number of allylic oxidation sites excluding steroid dienone is 5. The molecule has 0 aliphatic heterocycles. The van der Waals surface area contributed by atoms with E-state index in [1.165, 1.54) is 41.7 Å². The molecule has 1 heteroatoms. The molecule has 1 rings (SSSR count). The van der Waals surface area contributed by atoms with Crippen molar-refractivity contribution in [3.05, 3.63) is 42.4 Å². The first-order chi connectivity index (χ1) is 8.15. The third-order valence-electron chi connectivity index (χ3n) is 3.40. The Morgan fingerprint density at radius 3 is 2.29 bits per heavy atom. The minimum absolute atomic E-state index is 0.657. The fraction of sp³-hybridized carbons (Fsp3) is 0.500. The van der Waals surface area contributed by atoms with Gasteiger partial charge in [0.15, 0.2) is 0 Å². The second kappa shape index (κ2) is 6.58. The SMILES string of the molecule is [CH2]C/C(=C/C=C)C(C(=NC)C1CCC1)=C(C)C. The van der Waals surface area contributed by atoms with E-state index in [1.54, 1.807) is 0 Å². The van der Waals surface area contributed by atoms with Gasteiger partial charge in [-0.25, -0.2) is 0 Å². The fourth-order valence-electron chi connectivity index (χ4n) is 2.36. The Labute approximate surface area is 106 Å². The van der Waals surface area contributed by atoms with Crippen molar-refractivity contribution in [1.82, 2.24) is 0 Å². The van der Waals surface area contributed by atoms with Gasteiger partial charge in [-0.3, -0.25) is 4.99 Å². The summed E-state index contributed by atoms with van der Waals surface area (Å²) in [4.78, 5) is 4.54. The Kier molecular flexibility index (Phi) is 5.40. The molecule has 0 aromatic rings. The molecule has 1 aliphatic rings. The fourth-order valence-corrected chi connectivity index (χ4v) is 2.36. The Morgan fingerprint density at radius 2 is 2.00 bits per heavy atom. The van der Waals surface area contributed by atoms with E-state index in [2.05, 4.69) is 38.4 Å². The highest BCUT2D eigenvalue weighted by atomic mass is 14.7. The minimum atomic E-state index is 0.657. The standard InChI is InChI=1S/C16H24N/c1-6-9-13(7-2)15(12(3)4)16(17-5)14-10-8-11-14/h6,9,14H,1-2,7-8,10-11H2,3-5H3/b13-9-,17-16?. The lowest BCUT2D eigenvalue weighted by atomic mass is 9.76. The van der Waals surface area contributed by atoms with Crippen molar-refractivity contribution in [2.75, 3.05) is 7.05 Å². The van der Waals surface area contributed by atoms with E-state index in [4.69, 9.17) is 0 Å². The van der Waals surface area contributed by atoms with Crippen LogP contribution >= 0.6 is 0 Å². The van der Waals surface area contributed by atoms with Crippen molar-refractivity contribution in [1.29, 1.82) is 0 Å². The molecule has 17 heavy (non-hydrogen) atoms. The van der Waals surface area contributed by atoms with Crippen molar-refractivity contribution >= 4 is 5.71 Å². The van der Waals surface area contributed by atoms with Crippen LogP contribution in [0.3, 0.4) is 0 Å². The molecule has 0 bridgehead atoms. The van der Waals surface area contributed by atoms with Crippen LogP contribution in [-0.2, 0) is 0 Å². The quantitative estimate of drug-likeness (QED) is 0.486. The first kappa shape index (κ1) is 14.0. The second-order valence-corrected chi connectivity index (χ2v) is 4.79. The van der Waals surface area contributed by atoms with Gasteiger partial charge < -0.3 is 0 Å². The van der Waals surface area contributed by atoms with E-state index in [1.807, 2.05) is 13.1 Å². The highest BCUT2D eigenvalue weighted by molar-refractivity contribution is 6.06. The maximum atomic E-state index is 4.54. The van der Waals surface area contributed by atoms with Gasteiger partial charge in [0.2, 0.25) is 0 Å². The molecular formula is C16H24N. The van der Waals surface area contributed by atoms with Crippen LogP contribution in [0, 0.1) is 12.8 Å². The molecule has 0 N–H and O–H groups in total. The first-order valence-corrected chi connectivity index (χ1v) is 6.41. The Morgan fingerprint density at radius 1 is 1.35 bits per heavy atom. The molecule has 0 aromatic carbocycles. The molecule has 1 radical (unpaired) electrons. The highest BCUT2D eigenvalue weighted by Gasteiger charge is 2.26. The van der Waals surface area contributed by atoms with E-state index in [0.717, 1.165) is 6.42 Å². The van der Waals surface area contributed by atoms with E-state index in [9.17, 15) is 0 Å². The third-order valence-corrected chi connectivity index (χ3v) is 3.40. The van der Waals surface area contributed by atoms with Crippen LogP contribution in [0.2, 0.25) is 0 Å². The van der Waals surface area contributed by atoms with Crippen molar-refractivity contribution in [3.8, 4) is 0 Å². The Hall–Kier alpha value is -1.11. The minimum Gasteiger partial charge on any atom is -0.292 e. The number of nitrogens with zero attached hydrogens (tertiary/aromatic N) is 1. The number of aliphatic imine (C=N–C) groups is 1. The number of hydrogen-bond acceptors (Lipinski definition) is 1. The summed E-state index contributed by atoms with van der Waals surface area (Å²) in [6.45, 7) is 12.1. The van der Waals surface area contributed by atoms with Gasteiger partial charge in [-0.1, -0.05) is 30.7 Å². The van der Waals surface area contributed by atoms with Crippen LogP contribution in [0.4, 0.5) is 0 Å². The molecule has 1 fully saturated rings. The van der Waals surface area contributed by atoms with Crippen LogP contribution in [0.5, 0.6) is 0 Å². The molecule has 1 aliphatic carbocycles. The molecule has 0 unspecified atom stereocenters. The van der Waals surface area contributed by atoms with Gasteiger partial charge in [0.05, 0.1) is 0 Å².